The Morgan fingerprint density at radius 2 is 2.10 bits per heavy atom. The van der Waals surface area contributed by atoms with E-state index >= 15 is 0 Å². The van der Waals surface area contributed by atoms with E-state index < -0.39 is 0 Å². The van der Waals surface area contributed by atoms with Gasteiger partial charge in [0.2, 0.25) is 5.91 Å². The maximum atomic E-state index is 11.8. The molecule has 0 saturated carbocycles. The van der Waals surface area contributed by atoms with Crippen LogP contribution in [0, 0.1) is 0 Å². The maximum absolute atomic E-state index is 11.8. The minimum atomic E-state index is -0.125. The first-order valence-corrected chi connectivity index (χ1v) is 7.87. The van der Waals surface area contributed by atoms with Gasteiger partial charge in [-0.05, 0) is 12.1 Å². The highest BCUT2D eigenvalue weighted by Crippen LogP contribution is 2.20. The largest absolute Gasteiger partial charge is 0.316 e. The van der Waals surface area contributed by atoms with Crippen molar-refractivity contribution in [1.29, 1.82) is 0 Å². The summed E-state index contributed by atoms with van der Waals surface area (Å²) in [5.74, 6) is 0.602. The molecular formula is C13H11N5OS2. The number of pyridine rings is 1. The van der Waals surface area contributed by atoms with E-state index in [2.05, 4.69) is 25.6 Å². The summed E-state index contributed by atoms with van der Waals surface area (Å²) in [7, 11) is 0. The second-order valence-corrected chi connectivity index (χ2v) is 5.80. The summed E-state index contributed by atoms with van der Waals surface area (Å²) in [5, 5.41) is 10.8. The average Bonchev–Trinajstić information content (AvgIpc) is 3.12. The number of rotatable bonds is 5. The van der Waals surface area contributed by atoms with E-state index in [-0.39, 0.29) is 12.3 Å². The van der Waals surface area contributed by atoms with E-state index in [1.807, 2.05) is 29.0 Å². The number of carbonyl (C=O) groups excluding carboxylic acids is 1. The summed E-state index contributed by atoms with van der Waals surface area (Å²) in [5.41, 5.74) is 0.715. The molecule has 0 bridgehead atoms. The smallest absolute Gasteiger partial charge is 0.232 e. The highest BCUT2D eigenvalue weighted by molar-refractivity contribution is 7.14. The Bertz CT molecular complexity index is 711. The van der Waals surface area contributed by atoms with Crippen molar-refractivity contribution in [2.75, 3.05) is 10.6 Å². The first kappa shape index (κ1) is 13.7. The Kier molecular flexibility index (Phi) is 4.17. The minimum absolute atomic E-state index is 0.125. The van der Waals surface area contributed by atoms with E-state index in [0.717, 1.165) is 5.82 Å². The van der Waals surface area contributed by atoms with Crippen molar-refractivity contribution in [3.05, 3.63) is 47.0 Å². The van der Waals surface area contributed by atoms with Crippen LogP contribution in [0.5, 0.6) is 0 Å². The molecule has 0 aromatic carbocycles. The molecule has 0 saturated heterocycles. The molecular weight excluding hydrogens is 306 g/mol. The highest BCUT2D eigenvalue weighted by Gasteiger charge is 2.09. The van der Waals surface area contributed by atoms with E-state index in [1.165, 1.54) is 22.7 Å². The van der Waals surface area contributed by atoms with Crippen molar-refractivity contribution >= 4 is 44.7 Å². The molecule has 6 nitrogen and oxygen atoms in total. The molecule has 3 rings (SSSR count). The van der Waals surface area contributed by atoms with Gasteiger partial charge in [-0.25, -0.2) is 15.0 Å². The van der Waals surface area contributed by atoms with Gasteiger partial charge in [0.05, 0.1) is 12.1 Å². The van der Waals surface area contributed by atoms with Crippen LogP contribution in [0.1, 0.15) is 5.69 Å². The summed E-state index contributed by atoms with van der Waals surface area (Å²) < 4.78 is 0. The van der Waals surface area contributed by atoms with Crippen LogP contribution in [0.2, 0.25) is 0 Å². The van der Waals surface area contributed by atoms with Crippen molar-refractivity contribution < 1.29 is 4.79 Å². The molecule has 1 amide bonds. The molecule has 0 radical (unpaired) electrons. The normalized spacial score (nSPS) is 10.3. The van der Waals surface area contributed by atoms with Crippen molar-refractivity contribution in [3.8, 4) is 0 Å². The fourth-order valence-corrected chi connectivity index (χ4v) is 2.87. The molecule has 0 aliphatic heterocycles. The zero-order chi connectivity index (χ0) is 14.5. The van der Waals surface area contributed by atoms with Crippen LogP contribution in [-0.4, -0.2) is 20.9 Å². The van der Waals surface area contributed by atoms with Gasteiger partial charge in [-0.15, -0.1) is 22.7 Å². The van der Waals surface area contributed by atoms with Gasteiger partial charge in [-0.1, -0.05) is 6.07 Å². The van der Waals surface area contributed by atoms with Crippen molar-refractivity contribution in [1.82, 2.24) is 15.0 Å². The molecule has 21 heavy (non-hydrogen) atoms. The molecule has 0 atom stereocenters. The van der Waals surface area contributed by atoms with Crippen molar-refractivity contribution in [2.24, 2.45) is 0 Å². The first-order valence-electron chi connectivity index (χ1n) is 6.11. The van der Waals surface area contributed by atoms with Crippen LogP contribution in [0.15, 0.2) is 41.4 Å². The summed E-state index contributed by atoms with van der Waals surface area (Å²) in [4.78, 5) is 24.4. The molecule has 8 heteroatoms. The standard InChI is InChI=1S/C13H11N5OS2/c19-11(18-12-15-5-6-20-12)7-9-8-21-13(16-9)17-10-3-1-2-4-14-10/h1-6,8H,7H2,(H,14,16,17)(H,15,18,19). The minimum Gasteiger partial charge on any atom is -0.316 e. The molecule has 2 N–H and O–H groups in total. The Hall–Kier alpha value is -2.32. The second kappa shape index (κ2) is 6.42. The number of hydrogen-bond acceptors (Lipinski definition) is 7. The molecule has 3 aromatic heterocycles. The molecule has 3 heterocycles. The van der Waals surface area contributed by atoms with Gasteiger partial charge >= 0.3 is 0 Å². The fourth-order valence-electron chi connectivity index (χ4n) is 1.60. The Labute approximate surface area is 128 Å². The SMILES string of the molecule is O=C(Cc1csc(Nc2ccccn2)n1)Nc1nccs1. The maximum Gasteiger partial charge on any atom is 0.232 e. The average molecular weight is 317 g/mol. The molecule has 0 fully saturated rings. The third-order valence-corrected chi connectivity index (χ3v) is 3.97. The number of amides is 1. The number of hydrogen-bond donors (Lipinski definition) is 2. The zero-order valence-electron chi connectivity index (χ0n) is 10.8. The Morgan fingerprint density at radius 3 is 2.86 bits per heavy atom. The topological polar surface area (TPSA) is 79.8 Å². The monoisotopic (exact) mass is 317 g/mol. The van der Waals surface area contributed by atoms with Gasteiger partial charge in [0.15, 0.2) is 10.3 Å². The Morgan fingerprint density at radius 1 is 1.14 bits per heavy atom. The van der Waals surface area contributed by atoms with Crippen LogP contribution < -0.4 is 10.6 Å². The van der Waals surface area contributed by atoms with Gasteiger partial charge in [0.25, 0.3) is 0 Å². The number of nitrogens with one attached hydrogen (secondary N) is 2. The lowest BCUT2D eigenvalue weighted by molar-refractivity contribution is -0.115. The molecule has 106 valence electrons. The van der Waals surface area contributed by atoms with Gasteiger partial charge < -0.3 is 10.6 Å². The third kappa shape index (κ3) is 3.83. The number of aromatic nitrogens is 3. The molecule has 0 unspecified atom stereocenters. The predicted octanol–water partition coefficient (Wildman–Crippen LogP) is 2.92. The lowest BCUT2D eigenvalue weighted by atomic mass is 10.3. The summed E-state index contributed by atoms with van der Waals surface area (Å²) in [6.07, 6.45) is 3.58. The van der Waals surface area contributed by atoms with Crippen LogP contribution >= 0.6 is 22.7 Å². The van der Waals surface area contributed by atoms with Crippen LogP contribution in [0.4, 0.5) is 16.1 Å². The quantitative estimate of drug-likeness (QED) is 0.756. The van der Waals surface area contributed by atoms with Gasteiger partial charge in [0, 0.05) is 23.2 Å². The van der Waals surface area contributed by atoms with E-state index in [9.17, 15) is 4.79 Å². The summed E-state index contributed by atoms with van der Waals surface area (Å²) in [6.45, 7) is 0. The lowest BCUT2D eigenvalue weighted by Crippen LogP contribution is -2.14. The van der Waals surface area contributed by atoms with E-state index in [4.69, 9.17) is 0 Å². The molecule has 3 aromatic rings. The Balaban J connectivity index is 1.59. The predicted molar refractivity (Wildman–Crippen MR) is 84.1 cm³/mol. The van der Waals surface area contributed by atoms with Crippen LogP contribution in [-0.2, 0) is 11.2 Å². The van der Waals surface area contributed by atoms with Gasteiger partial charge in [-0.2, -0.15) is 0 Å². The zero-order valence-corrected chi connectivity index (χ0v) is 12.4. The second-order valence-electron chi connectivity index (χ2n) is 4.05. The van der Waals surface area contributed by atoms with Gasteiger partial charge in [0.1, 0.15) is 5.82 Å². The summed E-state index contributed by atoms with van der Waals surface area (Å²) in [6, 6.07) is 5.60. The van der Waals surface area contributed by atoms with E-state index in [1.54, 1.807) is 12.4 Å². The van der Waals surface area contributed by atoms with Crippen molar-refractivity contribution in [2.45, 2.75) is 6.42 Å². The third-order valence-electron chi connectivity index (χ3n) is 2.47. The molecule has 0 aliphatic carbocycles. The molecule has 0 spiro atoms. The molecule has 0 aliphatic rings. The highest BCUT2D eigenvalue weighted by atomic mass is 32.1. The number of anilines is 3. The summed E-state index contributed by atoms with van der Waals surface area (Å²) >= 11 is 2.83. The van der Waals surface area contributed by atoms with Gasteiger partial charge in [-0.3, -0.25) is 4.79 Å². The number of thiazole rings is 2. The van der Waals surface area contributed by atoms with Crippen LogP contribution in [0.3, 0.4) is 0 Å². The van der Waals surface area contributed by atoms with Crippen LogP contribution in [0.25, 0.3) is 0 Å². The van der Waals surface area contributed by atoms with Crippen molar-refractivity contribution in [3.63, 3.8) is 0 Å². The number of nitrogens with zero attached hydrogens (tertiary/aromatic N) is 3. The number of carbonyl (C=O) groups is 1. The fraction of sp³-hybridized carbons (Fsp3) is 0.0769. The first-order chi connectivity index (χ1) is 10.3. The lowest BCUT2D eigenvalue weighted by Gasteiger charge is -2.00. The van der Waals surface area contributed by atoms with E-state index in [0.29, 0.717) is 16.0 Å².